The maximum Gasteiger partial charge on any atom is 0.236 e. The Balaban J connectivity index is 2.35. The molecule has 1 heterocycles. The van der Waals surface area contributed by atoms with Gasteiger partial charge in [0.15, 0.2) is 0 Å². The monoisotopic (exact) mass is 242 g/mol. The number of rotatable bonds is 6. The summed E-state index contributed by atoms with van der Waals surface area (Å²) in [6.07, 6.45) is 1.07. The van der Waals surface area contributed by atoms with E-state index in [9.17, 15) is 4.79 Å². The van der Waals surface area contributed by atoms with Crippen molar-refractivity contribution in [2.75, 3.05) is 59.4 Å². The van der Waals surface area contributed by atoms with Gasteiger partial charge in [0.2, 0.25) is 5.91 Å². The number of amides is 1. The molecule has 1 aliphatic rings. The van der Waals surface area contributed by atoms with Gasteiger partial charge in [0, 0.05) is 39.3 Å². The van der Waals surface area contributed by atoms with Gasteiger partial charge in [-0.1, -0.05) is 6.92 Å². The van der Waals surface area contributed by atoms with Crippen molar-refractivity contribution in [1.29, 1.82) is 0 Å². The minimum absolute atomic E-state index is 0.250. The number of carbonyl (C=O) groups excluding carboxylic acids is 1. The van der Waals surface area contributed by atoms with Crippen LogP contribution >= 0.6 is 0 Å². The minimum Gasteiger partial charge on any atom is -0.339 e. The normalized spacial score (nSPS) is 17.8. The van der Waals surface area contributed by atoms with Gasteiger partial charge in [-0.2, -0.15) is 0 Å². The molecule has 0 aromatic rings. The van der Waals surface area contributed by atoms with Crippen LogP contribution in [0, 0.1) is 0 Å². The molecule has 0 bridgehead atoms. The van der Waals surface area contributed by atoms with Crippen molar-refractivity contribution in [3.63, 3.8) is 0 Å². The molecule has 0 saturated carbocycles. The van der Waals surface area contributed by atoms with Gasteiger partial charge in [-0.25, -0.2) is 0 Å². The van der Waals surface area contributed by atoms with E-state index in [4.69, 9.17) is 5.73 Å². The molecule has 0 aliphatic carbocycles. The van der Waals surface area contributed by atoms with Crippen molar-refractivity contribution in [2.45, 2.75) is 13.3 Å². The van der Waals surface area contributed by atoms with Crippen molar-refractivity contribution in [2.24, 2.45) is 5.73 Å². The van der Waals surface area contributed by atoms with Crippen LogP contribution in [0.4, 0.5) is 0 Å². The maximum atomic E-state index is 12.1. The number of nitrogens with two attached hydrogens (primary N) is 1. The lowest BCUT2D eigenvalue weighted by Crippen LogP contribution is -2.50. The van der Waals surface area contributed by atoms with Crippen LogP contribution in [-0.4, -0.2) is 80.0 Å². The zero-order valence-electron chi connectivity index (χ0n) is 11.2. The summed E-state index contributed by atoms with van der Waals surface area (Å²) in [5.74, 6) is 0.250. The summed E-state index contributed by atoms with van der Waals surface area (Å²) in [6, 6.07) is 0. The van der Waals surface area contributed by atoms with E-state index >= 15 is 0 Å². The fraction of sp³-hybridized carbons (Fsp3) is 0.917. The van der Waals surface area contributed by atoms with Gasteiger partial charge in [-0.3, -0.25) is 9.69 Å². The lowest BCUT2D eigenvalue weighted by molar-refractivity contribution is -0.134. The molecular weight excluding hydrogens is 216 g/mol. The average Bonchev–Trinajstić information content (AvgIpc) is 2.30. The van der Waals surface area contributed by atoms with Crippen LogP contribution in [0.3, 0.4) is 0 Å². The van der Waals surface area contributed by atoms with Crippen LogP contribution in [0.25, 0.3) is 0 Å². The van der Waals surface area contributed by atoms with Crippen molar-refractivity contribution >= 4 is 5.91 Å². The molecule has 0 radical (unpaired) electrons. The SMILES string of the molecule is CCCN(CCN)CC(=O)N1CCN(C)CC1. The van der Waals surface area contributed by atoms with E-state index in [-0.39, 0.29) is 5.91 Å². The first-order chi connectivity index (χ1) is 8.17. The average molecular weight is 242 g/mol. The Bertz CT molecular complexity index is 221. The van der Waals surface area contributed by atoms with E-state index < -0.39 is 0 Å². The zero-order valence-corrected chi connectivity index (χ0v) is 11.2. The Morgan fingerprint density at radius 3 is 2.41 bits per heavy atom. The number of carbonyl (C=O) groups is 1. The van der Waals surface area contributed by atoms with Gasteiger partial charge in [-0.15, -0.1) is 0 Å². The Morgan fingerprint density at radius 2 is 1.88 bits per heavy atom. The van der Waals surface area contributed by atoms with Gasteiger partial charge in [-0.05, 0) is 20.0 Å². The Hall–Kier alpha value is -0.650. The first-order valence-electron chi connectivity index (χ1n) is 6.56. The van der Waals surface area contributed by atoms with Crippen molar-refractivity contribution in [3.05, 3.63) is 0 Å². The summed E-state index contributed by atoms with van der Waals surface area (Å²) in [5, 5.41) is 0. The van der Waals surface area contributed by atoms with Gasteiger partial charge in [0.25, 0.3) is 0 Å². The highest BCUT2D eigenvalue weighted by Gasteiger charge is 2.20. The molecule has 0 aromatic carbocycles. The number of likely N-dealkylation sites (N-methyl/N-ethyl adjacent to an activating group) is 1. The van der Waals surface area contributed by atoms with E-state index in [1.54, 1.807) is 0 Å². The van der Waals surface area contributed by atoms with Crippen LogP contribution in [0.15, 0.2) is 0 Å². The first-order valence-corrected chi connectivity index (χ1v) is 6.56. The highest BCUT2D eigenvalue weighted by molar-refractivity contribution is 5.78. The smallest absolute Gasteiger partial charge is 0.236 e. The van der Waals surface area contributed by atoms with Crippen molar-refractivity contribution < 1.29 is 4.79 Å². The molecule has 17 heavy (non-hydrogen) atoms. The predicted molar refractivity (Wildman–Crippen MR) is 69.9 cm³/mol. The van der Waals surface area contributed by atoms with E-state index in [2.05, 4.69) is 23.8 Å². The molecule has 1 amide bonds. The largest absolute Gasteiger partial charge is 0.339 e. The highest BCUT2D eigenvalue weighted by atomic mass is 16.2. The van der Waals surface area contributed by atoms with Crippen molar-refractivity contribution in [1.82, 2.24) is 14.7 Å². The topological polar surface area (TPSA) is 52.8 Å². The van der Waals surface area contributed by atoms with Crippen LogP contribution in [-0.2, 0) is 4.79 Å². The third-order valence-electron chi connectivity index (χ3n) is 3.20. The van der Waals surface area contributed by atoms with Gasteiger partial charge >= 0.3 is 0 Å². The number of hydrogen-bond donors (Lipinski definition) is 1. The first kappa shape index (κ1) is 14.4. The molecular formula is C12H26N4O. The molecule has 0 spiro atoms. The molecule has 5 nitrogen and oxygen atoms in total. The van der Waals surface area contributed by atoms with E-state index in [1.165, 1.54) is 0 Å². The molecule has 1 fully saturated rings. The van der Waals surface area contributed by atoms with Crippen LogP contribution in [0.5, 0.6) is 0 Å². The lowest BCUT2D eigenvalue weighted by atomic mass is 10.3. The standard InChI is InChI=1S/C12H26N4O/c1-3-5-15(6-4-13)11-12(17)16-9-7-14(2)8-10-16/h3-11,13H2,1-2H3. The maximum absolute atomic E-state index is 12.1. The molecule has 0 unspecified atom stereocenters. The summed E-state index contributed by atoms with van der Waals surface area (Å²) < 4.78 is 0. The molecule has 1 saturated heterocycles. The third kappa shape index (κ3) is 5.02. The Morgan fingerprint density at radius 1 is 1.24 bits per heavy atom. The molecule has 2 N–H and O–H groups in total. The van der Waals surface area contributed by atoms with Gasteiger partial charge in [0.05, 0.1) is 6.54 Å². The van der Waals surface area contributed by atoms with Crippen molar-refractivity contribution in [3.8, 4) is 0 Å². The van der Waals surface area contributed by atoms with Crippen LogP contribution in [0.1, 0.15) is 13.3 Å². The number of piperazine rings is 1. The zero-order chi connectivity index (χ0) is 12.7. The fourth-order valence-electron chi connectivity index (χ4n) is 2.12. The highest BCUT2D eigenvalue weighted by Crippen LogP contribution is 2.01. The quantitative estimate of drug-likeness (QED) is 0.678. The second-order valence-electron chi connectivity index (χ2n) is 4.75. The second-order valence-corrected chi connectivity index (χ2v) is 4.75. The Kier molecular flexibility index (Phi) is 6.47. The fourth-order valence-corrected chi connectivity index (χ4v) is 2.12. The number of hydrogen-bond acceptors (Lipinski definition) is 4. The number of nitrogens with zero attached hydrogens (tertiary/aromatic N) is 3. The van der Waals surface area contributed by atoms with E-state index in [0.29, 0.717) is 13.1 Å². The van der Waals surface area contributed by atoms with Crippen LogP contribution < -0.4 is 5.73 Å². The van der Waals surface area contributed by atoms with Gasteiger partial charge < -0.3 is 15.5 Å². The third-order valence-corrected chi connectivity index (χ3v) is 3.20. The Labute approximate surface area is 105 Å². The minimum atomic E-state index is 0.250. The molecule has 0 atom stereocenters. The molecule has 1 aliphatic heterocycles. The second kappa shape index (κ2) is 7.63. The van der Waals surface area contributed by atoms with E-state index in [1.807, 2.05) is 4.90 Å². The predicted octanol–water partition coefficient (Wildman–Crippen LogP) is -0.569. The van der Waals surface area contributed by atoms with E-state index in [0.717, 1.165) is 45.7 Å². The molecule has 0 aromatic heterocycles. The van der Waals surface area contributed by atoms with Crippen LogP contribution in [0.2, 0.25) is 0 Å². The summed E-state index contributed by atoms with van der Waals surface area (Å²) >= 11 is 0. The molecule has 1 rings (SSSR count). The summed E-state index contributed by atoms with van der Waals surface area (Å²) in [4.78, 5) is 18.5. The summed E-state index contributed by atoms with van der Waals surface area (Å²) in [7, 11) is 2.10. The lowest BCUT2D eigenvalue weighted by Gasteiger charge is -2.33. The molecule has 5 heteroatoms. The summed E-state index contributed by atoms with van der Waals surface area (Å²) in [5.41, 5.74) is 5.56. The molecule has 100 valence electrons. The van der Waals surface area contributed by atoms with Gasteiger partial charge in [0.1, 0.15) is 0 Å². The summed E-state index contributed by atoms with van der Waals surface area (Å²) in [6.45, 7) is 8.72.